The largest absolute Gasteiger partial charge is 0.473 e. The second-order valence-corrected chi connectivity index (χ2v) is 10.9. The van der Waals surface area contributed by atoms with Crippen LogP contribution in [0.4, 0.5) is 23.4 Å². The molecule has 1 aromatic carbocycles. The predicted octanol–water partition coefficient (Wildman–Crippen LogP) is 4.29. The van der Waals surface area contributed by atoms with Crippen LogP contribution in [0.3, 0.4) is 0 Å². The van der Waals surface area contributed by atoms with Crippen molar-refractivity contribution in [2.45, 2.75) is 57.2 Å². The van der Waals surface area contributed by atoms with Gasteiger partial charge in [0.05, 0.1) is 17.7 Å². The molecule has 1 spiro atoms. The lowest BCUT2D eigenvalue weighted by Gasteiger charge is -2.51. The summed E-state index contributed by atoms with van der Waals surface area (Å²) in [6.45, 7) is 4.69. The Morgan fingerprint density at radius 1 is 1.11 bits per heavy atom. The van der Waals surface area contributed by atoms with Crippen molar-refractivity contribution in [3.63, 3.8) is 0 Å². The van der Waals surface area contributed by atoms with E-state index in [-0.39, 0.29) is 34.9 Å². The number of hydrogen-bond acceptors (Lipinski definition) is 7. The summed E-state index contributed by atoms with van der Waals surface area (Å²) < 4.78 is 65.9. The second-order valence-electron chi connectivity index (χ2n) is 10.9. The molecule has 4 aliphatic rings. The zero-order valence-electron chi connectivity index (χ0n) is 20.5. The van der Waals surface area contributed by atoms with Crippen LogP contribution in [-0.2, 0) is 19.3 Å². The van der Waals surface area contributed by atoms with Crippen molar-refractivity contribution in [3.05, 3.63) is 70.2 Å². The van der Waals surface area contributed by atoms with Crippen molar-refractivity contribution in [2.24, 2.45) is 5.41 Å². The van der Waals surface area contributed by atoms with Gasteiger partial charge in [0.1, 0.15) is 23.9 Å². The van der Waals surface area contributed by atoms with Crippen LogP contribution in [0.1, 0.15) is 37.9 Å². The molecule has 2 aromatic heterocycles. The Kier molecular flexibility index (Phi) is 5.14. The Labute approximate surface area is 214 Å². The Balaban J connectivity index is 1.16. The van der Waals surface area contributed by atoms with Gasteiger partial charge in [0.2, 0.25) is 5.88 Å². The van der Waals surface area contributed by atoms with Crippen molar-refractivity contribution >= 4 is 5.82 Å². The normalized spacial score (nSPS) is 23.6. The van der Waals surface area contributed by atoms with Gasteiger partial charge in [-0.15, -0.1) is 0 Å². The van der Waals surface area contributed by atoms with Gasteiger partial charge in [-0.3, -0.25) is 9.55 Å². The molecule has 2 bridgehead atoms. The molecule has 3 aromatic rings. The third-order valence-electron chi connectivity index (χ3n) is 7.99. The van der Waals surface area contributed by atoms with Crippen molar-refractivity contribution in [1.82, 2.24) is 14.5 Å². The molecule has 1 saturated carbocycles. The number of hydrogen-bond donors (Lipinski definition) is 1. The molecule has 0 radical (unpaired) electrons. The summed E-state index contributed by atoms with van der Waals surface area (Å²) >= 11 is 0. The molecule has 0 amide bonds. The fourth-order valence-electron chi connectivity index (χ4n) is 5.97. The third-order valence-corrected chi connectivity index (χ3v) is 7.99. The zero-order chi connectivity index (χ0) is 27.1. The number of benzene rings is 1. The molecule has 0 unspecified atom stereocenters. The summed E-state index contributed by atoms with van der Waals surface area (Å²) in [5, 5.41) is 10.7. The van der Waals surface area contributed by atoms with Crippen molar-refractivity contribution < 1.29 is 32.1 Å². The SMILES string of the molecule is CC(C)(O)C12CN3c4cc(OCc5ccc(Oc6ccnc(C(F)(F)F)c6)c(F)c5)nc(=O)n4CC3(C1)C2. The molecule has 3 fully saturated rings. The average Bonchev–Trinajstić information content (AvgIpc) is 3.42. The first-order chi connectivity index (χ1) is 17.8. The van der Waals surface area contributed by atoms with Gasteiger partial charge in [0.15, 0.2) is 11.6 Å². The van der Waals surface area contributed by atoms with Crippen LogP contribution in [0, 0.1) is 11.2 Å². The summed E-state index contributed by atoms with van der Waals surface area (Å²) in [5.74, 6) is -0.483. The standard InChI is InChI=1S/C26H24F4N4O4/c1-23(2,36)24-11-25(12-24)14-33-21(34(25)13-24)9-20(32-22(33)35)37-10-15-3-4-18(17(27)7-15)38-16-5-6-31-19(8-16)26(28,29)30/h3-9,36H,10-14H2,1-2H3. The topological polar surface area (TPSA) is 89.7 Å². The van der Waals surface area contributed by atoms with Gasteiger partial charge >= 0.3 is 11.9 Å². The summed E-state index contributed by atoms with van der Waals surface area (Å²) in [4.78, 5) is 22.1. The van der Waals surface area contributed by atoms with Gasteiger partial charge < -0.3 is 19.5 Å². The van der Waals surface area contributed by atoms with Crippen LogP contribution in [-0.4, -0.2) is 37.3 Å². The number of rotatable bonds is 6. The average molecular weight is 532 g/mol. The Morgan fingerprint density at radius 3 is 2.55 bits per heavy atom. The lowest BCUT2D eigenvalue weighted by atomic mass is 9.55. The second kappa shape index (κ2) is 7.92. The summed E-state index contributed by atoms with van der Waals surface area (Å²) in [7, 11) is 0. The fourth-order valence-corrected chi connectivity index (χ4v) is 5.97. The lowest BCUT2D eigenvalue weighted by Crippen LogP contribution is -2.57. The predicted molar refractivity (Wildman–Crippen MR) is 127 cm³/mol. The van der Waals surface area contributed by atoms with Crippen LogP contribution in [0.2, 0.25) is 0 Å². The van der Waals surface area contributed by atoms with E-state index >= 15 is 0 Å². The van der Waals surface area contributed by atoms with Crippen LogP contribution >= 0.6 is 0 Å². The summed E-state index contributed by atoms with van der Waals surface area (Å²) in [6.07, 6.45) is -2.13. The molecule has 38 heavy (non-hydrogen) atoms. The van der Waals surface area contributed by atoms with E-state index < -0.39 is 29.0 Å². The Hall–Kier alpha value is -3.67. The van der Waals surface area contributed by atoms with E-state index in [1.54, 1.807) is 10.6 Å². The molecule has 12 heteroatoms. The number of anilines is 1. The van der Waals surface area contributed by atoms with Crippen LogP contribution < -0.4 is 20.1 Å². The maximum atomic E-state index is 14.7. The molecule has 5 heterocycles. The number of halogens is 4. The molecule has 200 valence electrons. The quantitative estimate of drug-likeness (QED) is 0.474. The fraction of sp³-hybridized carbons (Fsp3) is 0.423. The van der Waals surface area contributed by atoms with E-state index in [0.717, 1.165) is 25.1 Å². The van der Waals surface area contributed by atoms with E-state index in [2.05, 4.69) is 14.9 Å². The number of alkyl halides is 3. The van der Waals surface area contributed by atoms with Gasteiger partial charge in [-0.25, -0.2) is 9.18 Å². The van der Waals surface area contributed by atoms with Gasteiger partial charge in [0, 0.05) is 30.3 Å². The number of nitrogens with zero attached hydrogens (tertiary/aromatic N) is 4. The smallest absolute Gasteiger partial charge is 0.433 e. The lowest BCUT2D eigenvalue weighted by molar-refractivity contribution is -0.141. The van der Waals surface area contributed by atoms with Gasteiger partial charge in [-0.05, 0) is 50.5 Å². The van der Waals surface area contributed by atoms with Crippen LogP contribution in [0.25, 0.3) is 0 Å². The zero-order valence-corrected chi connectivity index (χ0v) is 20.5. The highest BCUT2D eigenvalue weighted by Crippen LogP contribution is 2.67. The van der Waals surface area contributed by atoms with Crippen LogP contribution in [0.5, 0.6) is 17.4 Å². The van der Waals surface area contributed by atoms with Gasteiger partial charge in [-0.2, -0.15) is 18.2 Å². The molecule has 8 nitrogen and oxygen atoms in total. The minimum atomic E-state index is -4.65. The number of aromatic nitrogens is 3. The number of fused-ring (bicyclic) bond motifs is 1. The monoisotopic (exact) mass is 532 g/mol. The minimum Gasteiger partial charge on any atom is -0.473 e. The number of aliphatic hydroxyl groups is 1. The molecule has 7 rings (SSSR count). The van der Waals surface area contributed by atoms with E-state index in [0.29, 0.717) is 30.5 Å². The Bertz CT molecular complexity index is 1490. The molecule has 1 aliphatic carbocycles. The first kappa shape index (κ1) is 24.7. The molecular weight excluding hydrogens is 508 g/mol. The molecular formula is C26H24F4N4O4. The van der Waals surface area contributed by atoms with E-state index in [1.165, 1.54) is 18.2 Å². The van der Waals surface area contributed by atoms with Crippen LogP contribution in [0.15, 0.2) is 47.4 Å². The Morgan fingerprint density at radius 2 is 1.87 bits per heavy atom. The molecule has 0 atom stereocenters. The van der Waals surface area contributed by atoms with Gasteiger partial charge in [-0.1, -0.05) is 6.07 Å². The van der Waals surface area contributed by atoms with Crippen molar-refractivity contribution in [1.29, 1.82) is 0 Å². The van der Waals surface area contributed by atoms with Crippen molar-refractivity contribution in [3.8, 4) is 17.4 Å². The molecule has 1 N–H and O–H groups in total. The van der Waals surface area contributed by atoms with Crippen molar-refractivity contribution in [2.75, 3.05) is 11.4 Å². The van der Waals surface area contributed by atoms with E-state index in [9.17, 15) is 27.5 Å². The highest BCUT2D eigenvalue weighted by molar-refractivity contribution is 5.56. The minimum absolute atomic E-state index is 0.0944. The highest BCUT2D eigenvalue weighted by Gasteiger charge is 2.72. The maximum absolute atomic E-state index is 14.7. The van der Waals surface area contributed by atoms with Gasteiger partial charge in [0.25, 0.3) is 0 Å². The van der Waals surface area contributed by atoms with E-state index in [1.807, 2.05) is 13.8 Å². The number of pyridine rings is 1. The highest BCUT2D eigenvalue weighted by atomic mass is 19.4. The molecule has 2 saturated heterocycles. The molecule has 3 aliphatic heterocycles. The summed E-state index contributed by atoms with van der Waals surface area (Å²) in [5.41, 5.74) is -2.43. The first-order valence-corrected chi connectivity index (χ1v) is 12.0. The summed E-state index contributed by atoms with van der Waals surface area (Å²) in [6, 6.07) is 7.49. The third kappa shape index (κ3) is 3.80. The number of ether oxygens (including phenoxy) is 2. The van der Waals surface area contributed by atoms with E-state index in [4.69, 9.17) is 9.47 Å². The maximum Gasteiger partial charge on any atom is 0.433 e. The first-order valence-electron chi connectivity index (χ1n) is 12.0.